The van der Waals surface area contributed by atoms with Gasteiger partial charge in [-0.1, -0.05) is 29.8 Å². The Hall–Kier alpha value is -1.43. The van der Waals surface area contributed by atoms with E-state index < -0.39 is 0 Å². The van der Waals surface area contributed by atoms with Crippen molar-refractivity contribution < 1.29 is 4.79 Å². The molecule has 2 aliphatic rings. The average Bonchev–Trinajstić information content (AvgIpc) is 3.41. The Morgan fingerprint density at radius 3 is 2.62 bits per heavy atom. The van der Waals surface area contributed by atoms with Gasteiger partial charge in [0.05, 0.1) is 9.88 Å². The number of benzene rings is 1. The first-order chi connectivity index (χ1) is 12.2. The van der Waals surface area contributed by atoms with Gasteiger partial charge in [-0.05, 0) is 44.6 Å². The molecule has 1 aromatic heterocycles. The van der Waals surface area contributed by atoms with E-state index in [0.29, 0.717) is 18.2 Å². The number of aryl methyl sites for hydroxylation is 1. The second-order valence-corrected chi connectivity index (χ2v) is 8.28. The SMILES string of the molecule is Cc1ccc(-c2sc(C3CC3)nc2C(=O)N2CCCCC2CN)cc1.Cl. The lowest BCUT2D eigenvalue weighted by molar-refractivity contribution is 0.0618. The molecule has 26 heavy (non-hydrogen) atoms. The molecule has 1 amide bonds. The van der Waals surface area contributed by atoms with Gasteiger partial charge in [0.1, 0.15) is 5.69 Å². The minimum Gasteiger partial charge on any atom is -0.333 e. The van der Waals surface area contributed by atoms with Gasteiger partial charge >= 0.3 is 0 Å². The fraction of sp³-hybridized carbons (Fsp3) is 0.500. The number of halogens is 1. The molecule has 4 rings (SSSR count). The van der Waals surface area contributed by atoms with Crippen molar-refractivity contribution in [3.05, 3.63) is 40.5 Å². The summed E-state index contributed by atoms with van der Waals surface area (Å²) in [6.07, 6.45) is 5.61. The van der Waals surface area contributed by atoms with Gasteiger partial charge in [-0.25, -0.2) is 4.98 Å². The summed E-state index contributed by atoms with van der Waals surface area (Å²) in [5.74, 6) is 0.622. The summed E-state index contributed by atoms with van der Waals surface area (Å²) in [5, 5.41) is 1.13. The van der Waals surface area contributed by atoms with Gasteiger partial charge in [0, 0.05) is 25.0 Å². The van der Waals surface area contributed by atoms with Gasteiger partial charge in [0.2, 0.25) is 0 Å². The predicted molar refractivity (Wildman–Crippen MR) is 109 cm³/mol. The maximum Gasteiger partial charge on any atom is 0.274 e. The van der Waals surface area contributed by atoms with Gasteiger partial charge < -0.3 is 10.6 Å². The molecule has 1 saturated carbocycles. The Morgan fingerprint density at radius 1 is 1.23 bits per heavy atom. The molecule has 1 saturated heterocycles. The number of hydrogen-bond acceptors (Lipinski definition) is 4. The number of carbonyl (C=O) groups excluding carboxylic acids is 1. The number of nitrogens with two attached hydrogens (primary N) is 1. The van der Waals surface area contributed by atoms with Gasteiger partial charge in [0.15, 0.2) is 0 Å². The van der Waals surface area contributed by atoms with Crippen molar-refractivity contribution in [2.24, 2.45) is 5.73 Å². The largest absolute Gasteiger partial charge is 0.333 e. The molecule has 2 N–H and O–H groups in total. The molecule has 1 aliphatic heterocycles. The molecule has 6 heteroatoms. The molecule has 0 bridgehead atoms. The fourth-order valence-corrected chi connectivity index (χ4v) is 4.77. The van der Waals surface area contributed by atoms with E-state index in [9.17, 15) is 4.79 Å². The summed E-state index contributed by atoms with van der Waals surface area (Å²) in [4.78, 5) is 21.1. The quantitative estimate of drug-likeness (QED) is 0.841. The highest BCUT2D eigenvalue weighted by Crippen LogP contribution is 2.45. The Balaban J connectivity index is 0.00000196. The molecule has 1 atom stereocenters. The Labute approximate surface area is 165 Å². The van der Waals surface area contributed by atoms with Crippen molar-refractivity contribution >= 4 is 29.7 Å². The van der Waals surface area contributed by atoms with Crippen LogP contribution in [0.1, 0.15) is 59.1 Å². The minimum absolute atomic E-state index is 0. The Kier molecular flexibility index (Phi) is 6.00. The first kappa shape index (κ1) is 19.3. The van der Waals surface area contributed by atoms with Crippen molar-refractivity contribution in [3.8, 4) is 10.4 Å². The topological polar surface area (TPSA) is 59.2 Å². The normalized spacial score (nSPS) is 19.9. The molecular weight excluding hydrogens is 366 g/mol. The van der Waals surface area contributed by atoms with Crippen molar-refractivity contribution in [3.63, 3.8) is 0 Å². The van der Waals surface area contributed by atoms with Crippen molar-refractivity contribution in [2.45, 2.75) is 51.0 Å². The van der Waals surface area contributed by atoms with Crippen LogP contribution in [-0.2, 0) is 0 Å². The smallest absolute Gasteiger partial charge is 0.274 e. The minimum atomic E-state index is 0. The highest BCUT2D eigenvalue weighted by atomic mass is 35.5. The first-order valence-corrected chi connectivity index (χ1v) is 10.1. The molecule has 1 aromatic carbocycles. The molecule has 1 aliphatic carbocycles. The zero-order chi connectivity index (χ0) is 17.4. The monoisotopic (exact) mass is 391 g/mol. The fourth-order valence-electron chi connectivity index (χ4n) is 3.54. The van der Waals surface area contributed by atoms with E-state index in [0.717, 1.165) is 41.3 Å². The van der Waals surface area contributed by atoms with Crippen LogP contribution in [0.4, 0.5) is 0 Å². The molecule has 4 nitrogen and oxygen atoms in total. The lowest BCUT2D eigenvalue weighted by Gasteiger charge is -2.34. The number of carbonyl (C=O) groups is 1. The highest BCUT2D eigenvalue weighted by molar-refractivity contribution is 7.15. The van der Waals surface area contributed by atoms with Gasteiger partial charge in [-0.2, -0.15) is 0 Å². The van der Waals surface area contributed by atoms with Gasteiger partial charge in [-0.15, -0.1) is 23.7 Å². The molecule has 0 spiro atoms. The number of likely N-dealkylation sites (tertiary alicyclic amines) is 1. The summed E-state index contributed by atoms with van der Waals surface area (Å²) in [6.45, 7) is 3.41. The van der Waals surface area contributed by atoms with Crippen LogP contribution < -0.4 is 5.73 Å². The number of nitrogens with zero attached hydrogens (tertiary/aromatic N) is 2. The van der Waals surface area contributed by atoms with E-state index in [4.69, 9.17) is 10.7 Å². The summed E-state index contributed by atoms with van der Waals surface area (Å²) in [7, 11) is 0. The highest BCUT2D eigenvalue weighted by Gasteiger charge is 2.33. The van der Waals surface area contributed by atoms with Crippen molar-refractivity contribution in [2.75, 3.05) is 13.1 Å². The standard InChI is InChI=1S/C20H25N3OS.ClH/c1-13-5-7-14(8-6-13)18-17(22-19(25-18)15-9-10-15)20(24)23-11-3-2-4-16(23)12-21;/h5-8,15-16H,2-4,9-12,21H2,1H3;1H. The lowest BCUT2D eigenvalue weighted by atomic mass is 10.0. The van der Waals surface area contributed by atoms with E-state index in [2.05, 4.69) is 31.2 Å². The second kappa shape index (κ2) is 8.07. The van der Waals surface area contributed by atoms with Gasteiger partial charge in [0.25, 0.3) is 5.91 Å². The van der Waals surface area contributed by atoms with Crippen LogP contribution in [0.2, 0.25) is 0 Å². The van der Waals surface area contributed by atoms with E-state index >= 15 is 0 Å². The number of aromatic nitrogens is 1. The zero-order valence-electron chi connectivity index (χ0n) is 15.1. The van der Waals surface area contributed by atoms with Gasteiger partial charge in [-0.3, -0.25) is 4.79 Å². The van der Waals surface area contributed by atoms with E-state index in [1.54, 1.807) is 11.3 Å². The summed E-state index contributed by atoms with van der Waals surface area (Å²) in [5.41, 5.74) is 8.88. The number of amides is 1. The third-order valence-electron chi connectivity index (χ3n) is 5.25. The average molecular weight is 392 g/mol. The molecule has 1 unspecified atom stereocenters. The maximum atomic E-state index is 13.3. The maximum absolute atomic E-state index is 13.3. The van der Waals surface area contributed by atoms with Crippen LogP contribution in [0.3, 0.4) is 0 Å². The summed E-state index contributed by atoms with van der Waals surface area (Å²) < 4.78 is 0. The predicted octanol–water partition coefficient (Wildman–Crippen LogP) is 4.37. The zero-order valence-corrected chi connectivity index (χ0v) is 16.7. The molecular formula is C20H26ClN3OS. The van der Waals surface area contributed by atoms with Crippen LogP contribution >= 0.6 is 23.7 Å². The second-order valence-electron chi connectivity index (χ2n) is 7.25. The van der Waals surface area contributed by atoms with Crippen molar-refractivity contribution in [1.82, 2.24) is 9.88 Å². The molecule has 2 heterocycles. The number of rotatable bonds is 4. The number of piperidine rings is 1. The van der Waals surface area contributed by atoms with Crippen molar-refractivity contribution in [1.29, 1.82) is 0 Å². The third-order valence-corrected chi connectivity index (χ3v) is 6.51. The van der Waals surface area contributed by atoms with E-state index in [1.807, 2.05) is 4.90 Å². The number of thiazole rings is 1. The summed E-state index contributed by atoms with van der Waals surface area (Å²) in [6, 6.07) is 8.56. The number of hydrogen-bond donors (Lipinski definition) is 1. The molecule has 2 aromatic rings. The van der Waals surface area contributed by atoms with Crippen LogP contribution in [0.5, 0.6) is 0 Å². The third kappa shape index (κ3) is 3.80. The van der Waals surface area contributed by atoms with E-state index in [-0.39, 0.29) is 24.4 Å². The van der Waals surface area contributed by atoms with Crippen LogP contribution in [0.25, 0.3) is 10.4 Å². The Morgan fingerprint density at radius 2 is 1.96 bits per heavy atom. The van der Waals surface area contributed by atoms with Crippen LogP contribution in [-0.4, -0.2) is 34.9 Å². The molecule has 0 radical (unpaired) electrons. The lowest BCUT2D eigenvalue weighted by Crippen LogP contribution is -2.47. The first-order valence-electron chi connectivity index (χ1n) is 9.26. The van der Waals surface area contributed by atoms with Crippen LogP contribution in [0.15, 0.2) is 24.3 Å². The van der Waals surface area contributed by atoms with Crippen LogP contribution in [0, 0.1) is 6.92 Å². The Bertz CT molecular complexity index is 770. The molecule has 2 fully saturated rings. The summed E-state index contributed by atoms with van der Waals surface area (Å²) >= 11 is 1.70. The molecule has 140 valence electrons. The van der Waals surface area contributed by atoms with E-state index in [1.165, 1.54) is 18.4 Å².